The molecular weight excluding hydrogens is 350 g/mol. The number of aryl methyl sites for hydroxylation is 1. The highest BCUT2D eigenvalue weighted by atomic mass is 16.5. The van der Waals surface area contributed by atoms with Gasteiger partial charge in [-0.2, -0.15) is 5.10 Å². The lowest BCUT2D eigenvalue weighted by molar-refractivity contribution is -0.143. The predicted octanol–water partition coefficient (Wildman–Crippen LogP) is -0.379. The van der Waals surface area contributed by atoms with E-state index in [-0.39, 0.29) is 23.4 Å². The number of fused-ring (bicyclic) bond motifs is 1. The second-order valence-electron chi connectivity index (χ2n) is 7.76. The van der Waals surface area contributed by atoms with Crippen molar-refractivity contribution in [3.63, 3.8) is 0 Å². The van der Waals surface area contributed by atoms with Gasteiger partial charge in [-0.15, -0.1) is 0 Å². The smallest absolute Gasteiger partial charge is 0.343 e. The SMILES string of the molecule is O=C(CC1CCOCC1)N1CCN(C(=O)C2CCc3n[nH]c(=O)n3C2)CC1. The third-order valence-electron chi connectivity index (χ3n) is 6.05. The van der Waals surface area contributed by atoms with Gasteiger partial charge < -0.3 is 14.5 Å². The Bertz CT molecular complexity index is 743. The highest BCUT2D eigenvalue weighted by Crippen LogP contribution is 2.22. The summed E-state index contributed by atoms with van der Waals surface area (Å²) < 4.78 is 6.92. The molecule has 0 radical (unpaired) electrons. The van der Waals surface area contributed by atoms with E-state index in [2.05, 4.69) is 10.2 Å². The van der Waals surface area contributed by atoms with Crippen LogP contribution < -0.4 is 5.69 Å². The van der Waals surface area contributed by atoms with Crippen LogP contribution in [0.2, 0.25) is 0 Å². The number of piperazine rings is 1. The molecule has 3 aliphatic rings. The van der Waals surface area contributed by atoms with Crippen LogP contribution in [0.25, 0.3) is 0 Å². The van der Waals surface area contributed by atoms with Gasteiger partial charge in [0.15, 0.2) is 0 Å². The van der Waals surface area contributed by atoms with Crippen molar-refractivity contribution in [3.8, 4) is 0 Å². The number of rotatable bonds is 3. The van der Waals surface area contributed by atoms with Crippen LogP contribution in [0.5, 0.6) is 0 Å². The van der Waals surface area contributed by atoms with Crippen molar-refractivity contribution in [1.29, 1.82) is 0 Å². The fourth-order valence-corrected chi connectivity index (χ4v) is 4.31. The Morgan fingerprint density at radius 2 is 1.78 bits per heavy atom. The molecule has 148 valence electrons. The van der Waals surface area contributed by atoms with Crippen molar-refractivity contribution in [2.45, 2.75) is 38.6 Å². The molecule has 2 amide bonds. The quantitative estimate of drug-likeness (QED) is 0.774. The topological polar surface area (TPSA) is 101 Å². The second kappa shape index (κ2) is 7.84. The lowest BCUT2D eigenvalue weighted by Crippen LogP contribution is -2.53. The number of ether oxygens (including phenoxy) is 1. The van der Waals surface area contributed by atoms with Crippen LogP contribution in [0.15, 0.2) is 4.79 Å². The summed E-state index contributed by atoms with van der Waals surface area (Å²) in [6.07, 6.45) is 3.86. The summed E-state index contributed by atoms with van der Waals surface area (Å²) in [7, 11) is 0. The zero-order valence-corrected chi connectivity index (χ0v) is 15.6. The summed E-state index contributed by atoms with van der Waals surface area (Å²) in [6.45, 7) is 4.23. The molecule has 0 bridgehead atoms. The molecule has 2 saturated heterocycles. The first-order valence-corrected chi connectivity index (χ1v) is 9.90. The molecule has 3 aliphatic heterocycles. The first-order valence-electron chi connectivity index (χ1n) is 9.90. The number of carbonyl (C=O) groups is 2. The number of hydrogen-bond acceptors (Lipinski definition) is 5. The van der Waals surface area contributed by atoms with E-state index in [0.29, 0.717) is 57.9 Å². The van der Waals surface area contributed by atoms with Crippen LogP contribution in [0.1, 0.15) is 31.5 Å². The zero-order chi connectivity index (χ0) is 18.8. The lowest BCUT2D eigenvalue weighted by Gasteiger charge is -2.37. The van der Waals surface area contributed by atoms with Crippen molar-refractivity contribution in [1.82, 2.24) is 24.6 Å². The summed E-state index contributed by atoms with van der Waals surface area (Å²) >= 11 is 0. The van der Waals surface area contributed by atoms with Gasteiger partial charge in [0, 0.05) is 58.8 Å². The van der Waals surface area contributed by atoms with E-state index < -0.39 is 0 Å². The first-order chi connectivity index (χ1) is 13.1. The maximum Gasteiger partial charge on any atom is 0.343 e. The second-order valence-corrected chi connectivity index (χ2v) is 7.76. The van der Waals surface area contributed by atoms with E-state index >= 15 is 0 Å². The minimum atomic E-state index is -0.244. The van der Waals surface area contributed by atoms with E-state index in [4.69, 9.17) is 4.74 Å². The number of nitrogens with zero attached hydrogens (tertiary/aromatic N) is 4. The minimum absolute atomic E-state index is 0.0882. The van der Waals surface area contributed by atoms with Crippen molar-refractivity contribution in [3.05, 3.63) is 16.3 Å². The normalized spacial score (nSPS) is 23.9. The molecule has 9 heteroatoms. The van der Waals surface area contributed by atoms with Gasteiger partial charge in [-0.3, -0.25) is 14.2 Å². The van der Waals surface area contributed by atoms with Gasteiger partial charge in [-0.1, -0.05) is 0 Å². The van der Waals surface area contributed by atoms with Crippen molar-refractivity contribution in [2.24, 2.45) is 11.8 Å². The average molecular weight is 377 g/mol. The molecule has 1 unspecified atom stereocenters. The molecule has 4 heterocycles. The van der Waals surface area contributed by atoms with E-state index in [0.717, 1.165) is 31.9 Å². The predicted molar refractivity (Wildman–Crippen MR) is 96.0 cm³/mol. The standard InChI is InChI=1S/C18H27N5O4/c24-16(11-13-3-9-27-10-4-13)21-5-7-22(8-6-21)17(25)14-1-2-15-19-20-18(26)23(15)12-14/h13-14H,1-12H2,(H,20,26). The number of nitrogens with one attached hydrogen (secondary N) is 1. The van der Waals surface area contributed by atoms with Crippen LogP contribution in [-0.2, 0) is 27.3 Å². The fourth-order valence-electron chi connectivity index (χ4n) is 4.31. The van der Waals surface area contributed by atoms with Gasteiger partial charge in [0.25, 0.3) is 0 Å². The Morgan fingerprint density at radius 3 is 2.52 bits per heavy atom. The average Bonchev–Trinajstić information content (AvgIpc) is 3.08. The molecule has 27 heavy (non-hydrogen) atoms. The highest BCUT2D eigenvalue weighted by molar-refractivity contribution is 5.80. The summed E-state index contributed by atoms with van der Waals surface area (Å²) in [5, 5.41) is 6.44. The zero-order valence-electron chi connectivity index (χ0n) is 15.6. The number of amides is 2. The van der Waals surface area contributed by atoms with E-state index in [1.165, 1.54) is 0 Å². The molecule has 0 saturated carbocycles. The van der Waals surface area contributed by atoms with E-state index in [1.54, 1.807) is 4.57 Å². The van der Waals surface area contributed by atoms with Crippen LogP contribution in [0, 0.1) is 11.8 Å². The Kier molecular flexibility index (Phi) is 5.29. The Morgan fingerprint density at radius 1 is 1.07 bits per heavy atom. The maximum atomic E-state index is 12.9. The minimum Gasteiger partial charge on any atom is -0.381 e. The molecule has 9 nitrogen and oxygen atoms in total. The summed E-state index contributed by atoms with van der Waals surface area (Å²) in [5.74, 6) is 1.26. The number of aromatic amines is 1. The molecule has 1 atom stereocenters. The molecule has 2 fully saturated rings. The molecule has 0 spiro atoms. The Hall–Kier alpha value is -2.16. The van der Waals surface area contributed by atoms with Gasteiger partial charge >= 0.3 is 5.69 Å². The summed E-state index contributed by atoms with van der Waals surface area (Å²) in [4.78, 5) is 40.9. The molecule has 0 aromatic carbocycles. The van der Waals surface area contributed by atoms with Crippen molar-refractivity contribution >= 4 is 11.8 Å². The van der Waals surface area contributed by atoms with E-state index in [1.807, 2.05) is 9.80 Å². The molecule has 0 aliphatic carbocycles. The van der Waals surface area contributed by atoms with Crippen LogP contribution in [-0.4, -0.2) is 75.8 Å². The number of carbonyl (C=O) groups excluding carboxylic acids is 2. The van der Waals surface area contributed by atoms with Gasteiger partial charge in [0.1, 0.15) is 5.82 Å². The summed E-state index contributed by atoms with van der Waals surface area (Å²) in [5.41, 5.74) is -0.244. The number of hydrogen-bond donors (Lipinski definition) is 1. The highest BCUT2D eigenvalue weighted by Gasteiger charge is 2.32. The van der Waals surface area contributed by atoms with Crippen molar-refractivity contribution in [2.75, 3.05) is 39.4 Å². The molecule has 4 rings (SSSR count). The van der Waals surface area contributed by atoms with Crippen LogP contribution >= 0.6 is 0 Å². The molecular formula is C18H27N5O4. The van der Waals surface area contributed by atoms with Gasteiger partial charge in [-0.05, 0) is 25.2 Å². The Balaban J connectivity index is 1.27. The Labute approximate surface area is 157 Å². The van der Waals surface area contributed by atoms with Gasteiger partial charge in [-0.25, -0.2) is 9.89 Å². The van der Waals surface area contributed by atoms with Crippen LogP contribution in [0.3, 0.4) is 0 Å². The van der Waals surface area contributed by atoms with Gasteiger partial charge in [0.05, 0.1) is 5.92 Å². The lowest BCUT2D eigenvalue weighted by atomic mass is 9.95. The molecule has 1 aromatic rings. The number of aromatic nitrogens is 3. The molecule has 1 aromatic heterocycles. The number of H-pyrrole nitrogens is 1. The van der Waals surface area contributed by atoms with Crippen LogP contribution in [0.4, 0.5) is 0 Å². The maximum absolute atomic E-state index is 12.9. The van der Waals surface area contributed by atoms with E-state index in [9.17, 15) is 14.4 Å². The largest absolute Gasteiger partial charge is 0.381 e. The first kappa shape index (κ1) is 18.2. The third-order valence-corrected chi connectivity index (χ3v) is 6.05. The monoisotopic (exact) mass is 377 g/mol. The van der Waals surface area contributed by atoms with Gasteiger partial charge in [0.2, 0.25) is 11.8 Å². The fraction of sp³-hybridized carbons (Fsp3) is 0.778. The van der Waals surface area contributed by atoms with Crippen molar-refractivity contribution < 1.29 is 14.3 Å². The molecule has 1 N–H and O–H groups in total. The summed E-state index contributed by atoms with van der Waals surface area (Å²) in [6, 6.07) is 0. The third kappa shape index (κ3) is 3.92.